The molecule has 1 aromatic heterocycles. The van der Waals surface area contributed by atoms with Crippen molar-refractivity contribution < 1.29 is 13.9 Å². The highest BCUT2D eigenvalue weighted by Crippen LogP contribution is 2.30. The summed E-state index contributed by atoms with van der Waals surface area (Å²) >= 11 is 0. The number of amides is 2. The molecule has 0 radical (unpaired) electrons. The zero-order chi connectivity index (χ0) is 19.2. The molecule has 2 aromatic carbocycles. The Labute approximate surface area is 158 Å². The monoisotopic (exact) mass is 365 g/mol. The van der Waals surface area contributed by atoms with E-state index in [1.807, 2.05) is 55.5 Å². The van der Waals surface area contributed by atoms with Crippen molar-refractivity contribution in [1.29, 1.82) is 0 Å². The van der Waals surface area contributed by atoms with Gasteiger partial charge in [-0.05, 0) is 43.2 Å². The minimum atomic E-state index is -0.291. The molecule has 0 atom stereocenters. The van der Waals surface area contributed by atoms with Crippen molar-refractivity contribution in [2.24, 2.45) is 0 Å². The highest BCUT2D eigenvalue weighted by atomic mass is 16.5. The first kappa shape index (κ1) is 18.5. The molecule has 3 aromatic rings. The van der Waals surface area contributed by atoms with Crippen LogP contribution in [0.25, 0.3) is 11.5 Å². The predicted octanol–water partition coefficient (Wildman–Crippen LogP) is 4.54. The Kier molecular flexibility index (Phi) is 5.76. The van der Waals surface area contributed by atoms with Crippen LogP contribution in [0, 0.1) is 6.92 Å². The van der Waals surface area contributed by atoms with Crippen molar-refractivity contribution in [2.45, 2.75) is 26.8 Å². The summed E-state index contributed by atoms with van der Waals surface area (Å²) in [7, 11) is 1.61. The molecule has 0 bridgehead atoms. The van der Waals surface area contributed by atoms with Crippen molar-refractivity contribution in [3.63, 3.8) is 0 Å². The number of rotatable bonds is 6. The lowest BCUT2D eigenvalue weighted by Crippen LogP contribution is -2.28. The van der Waals surface area contributed by atoms with E-state index in [9.17, 15) is 4.79 Å². The minimum Gasteiger partial charge on any atom is -0.496 e. The number of urea groups is 1. The van der Waals surface area contributed by atoms with Crippen molar-refractivity contribution in [2.75, 3.05) is 12.4 Å². The van der Waals surface area contributed by atoms with Crippen LogP contribution in [0.5, 0.6) is 5.75 Å². The summed E-state index contributed by atoms with van der Waals surface area (Å²) in [5.41, 5.74) is 3.42. The van der Waals surface area contributed by atoms with E-state index < -0.39 is 0 Å². The Morgan fingerprint density at radius 3 is 2.59 bits per heavy atom. The number of nitrogens with zero attached hydrogens (tertiary/aromatic N) is 1. The quantitative estimate of drug-likeness (QED) is 0.672. The van der Waals surface area contributed by atoms with E-state index in [0.717, 1.165) is 17.7 Å². The average Bonchev–Trinajstić information content (AvgIpc) is 3.07. The number of hydrogen-bond donors (Lipinski definition) is 2. The summed E-state index contributed by atoms with van der Waals surface area (Å²) in [4.78, 5) is 16.6. The van der Waals surface area contributed by atoms with E-state index in [4.69, 9.17) is 9.15 Å². The number of anilines is 1. The standard InChI is InChI=1S/C21H23N3O3/c1-4-15-9-11-16(12-10-15)23-21(25)22-13-18-14(2)27-20(24-18)17-7-5-6-8-19(17)26-3/h5-12H,4,13H2,1-3H3,(H2,22,23,25). The molecule has 6 heteroatoms. The van der Waals surface area contributed by atoms with E-state index in [1.54, 1.807) is 7.11 Å². The van der Waals surface area contributed by atoms with Gasteiger partial charge < -0.3 is 19.8 Å². The van der Waals surface area contributed by atoms with Crippen LogP contribution < -0.4 is 15.4 Å². The lowest BCUT2D eigenvalue weighted by atomic mass is 10.1. The van der Waals surface area contributed by atoms with Crippen molar-refractivity contribution in [3.05, 3.63) is 65.5 Å². The molecule has 0 saturated heterocycles. The maximum Gasteiger partial charge on any atom is 0.319 e. The Morgan fingerprint density at radius 2 is 1.89 bits per heavy atom. The molecule has 0 fully saturated rings. The number of benzene rings is 2. The van der Waals surface area contributed by atoms with E-state index in [2.05, 4.69) is 22.5 Å². The summed E-state index contributed by atoms with van der Waals surface area (Å²) in [6.07, 6.45) is 0.965. The lowest BCUT2D eigenvalue weighted by molar-refractivity contribution is 0.251. The number of carbonyl (C=O) groups is 1. The SMILES string of the molecule is CCc1ccc(NC(=O)NCc2nc(-c3ccccc3OC)oc2C)cc1. The number of para-hydroxylation sites is 1. The topological polar surface area (TPSA) is 76.4 Å². The zero-order valence-corrected chi connectivity index (χ0v) is 15.7. The molecule has 0 aliphatic heterocycles. The van der Waals surface area contributed by atoms with Gasteiger partial charge in [0.05, 0.1) is 19.2 Å². The minimum absolute atomic E-state index is 0.267. The number of nitrogens with one attached hydrogen (secondary N) is 2. The number of carbonyl (C=O) groups excluding carboxylic acids is 1. The molecule has 0 saturated carbocycles. The van der Waals surface area contributed by atoms with Gasteiger partial charge in [0.15, 0.2) is 0 Å². The van der Waals surface area contributed by atoms with Gasteiger partial charge in [-0.3, -0.25) is 0 Å². The van der Waals surface area contributed by atoms with Gasteiger partial charge in [-0.1, -0.05) is 31.2 Å². The molecule has 2 amide bonds. The number of hydrogen-bond acceptors (Lipinski definition) is 4. The van der Waals surface area contributed by atoms with Crippen molar-refractivity contribution in [1.82, 2.24) is 10.3 Å². The van der Waals surface area contributed by atoms with Crippen LogP contribution in [0.2, 0.25) is 0 Å². The van der Waals surface area contributed by atoms with Crippen LogP contribution in [0.3, 0.4) is 0 Å². The molecule has 2 N–H and O–H groups in total. The number of oxazole rings is 1. The van der Waals surface area contributed by atoms with Crippen molar-refractivity contribution >= 4 is 11.7 Å². The van der Waals surface area contributed by atoms with E-state index >= 15 is 0 Å². The molecule has 0 aliphatic rings. The van der Waals surface area contributed by atoms with E-state index in [1.165, 1.54) is 5.56 Å². The Hall–Kier alpha value is -3.28. The summed E-state index contributed by atoms with van der Waals surface area (Å²) in [5, 5.41) is 5.62. The fraction of sp³-hybridized carbons (Fsp3) is 0.238. The first-order chi connectivity index (χ1) is 13.1. The second-order valence-corrected chi connectivity index (χ2v) is 6.08. The van der Waals surface area contributed by atoms with Gasteiger partial charge in [0.2, 0.25) is 5.89 Å². The fourth-order valence-corrected chi connectivity index (χ4v) is 2.69. The van der Waals surface area contributed by atoms with E-state index in [-0.39, 0.29) is 12.6 Å². The summed E-state index contributed by atoms with van der Waals surface area (Å²) < 4.78 is 11.1. The zero-order valence-electron chi connectivity index (χ0n) is 15.7. The number of methoxy groups -OCH3 is 1. The third-order valence-electron chi connectivity index (χ3n) is 4.27. The highest BCUT2D eigenvalue weighted by molar-refractivity contribution is 5.89. The summed E-state index contributed by atoms with van der Waals surface area (Å²) in [5.74, 6) is 1.81. The van der Waals surface area contributed by atoms with Gasteiger partial charge in [-0.15, -0.1) is 0 Å². The van der Waals surface area contributed by atoms with Crippen LogP contribution in [0.15, 0.2) is 52.9 Å². The first-order valence-electron chi connectivity index (χ1n) is 8.84. The number of ether oxygens (including phenoxy) is 1. The Balaban J connectivity index is 1.64. The molecule has 6 nitrogen and oxygen atoms in total. The van der Waals surface area contributed by atoms with Gasteiger partial charge in [-0.25, -0.2) is 9.78 Å². The fourth-order valence-electron chi connectivity index (χ4n) is 2.69. The molecule has 0 spiro atoms. The molecular weight excluding hydrogens is 342 g/mol. The summed E-state index contributed by atoms with van der Waals surface area (Å²) in [6, 6.07) is 15.0. The average molecular weight is 365 g/mol. The van der Waals surface area contributed by atoms with Gasteiger partial charge in [0.1, 0.15) is 17.2 Å². The van der Waals surface area contributed by atoms with Gasteiger partial charge in [0.25, 0.3) is 0 Å². The molecule has 0 unspecified atom stereocenters. The van der Waals surface area contributed by atoms with Crippen molar-refractivity contribution in [3.8, 4) is 17.2 Å². The van der Waals surface area contributed by atoms with Gasteiger partial charge >= 0.3 is 6.03 Å². The second kappa shape index (κ2) is 8.40. The molecule has 140 valence electrons. The van der Waals surface area contributed by atoms with Crippen LogP contribution in [-0.2, 0) is 13.0 Å². The largest absolute Gasteiger partial charge is 0.496 e. The molecule has 0 aliphatic carbocycles. The van der Waals surface area contributed by atoms with E-state index in [0.29, 0.717) is 23.1 Å². The lowest BCUT2D eigenvalue weighted by Gasteiger charge is -2.07. The van der Waals surface area contributed by atoms with Crippen LogP contribution in [0.4, 0.5) is 10.5 Å². The Morgan fingerprint density at radius 1 is 1.15 bits per heavy atom. The highest BCUT2D eigenvalue weighted by Gasteiger charge is 2.15. The number of aromatic nitrogens is 1. The van der Waals surface area contributed by atoms with Gasteiger partial charge in [-0.2, -0.15) is 0 Å². The molecule has 1 heterocycles. The van der Waals surface area contributed by atoms with Gasteiger partial charge in [0, 0.05) is 5.69 Å². The number of aryl methyl sites for hydroxylation is 2. The molecule has 3 rings (SSSR count). The third kappa shape index (κ3) is 4.47. The smallest absolute Gasteiger partial charge is 0.319 e. The maximum atomic E-state index is 12.1. The molecule has 27 heavy (non-hydrogen) atoms. The third-order valence-corrected chi connectivity index (χ3v) is 4.27. The van der Waals surface area contributed by atoms with Crippen LogP contribution in [-0.4, -0.2) is 18.1 Å². The Bertz CT molecular complexity index is 917. The predicted molar refractivity (Wildman–Crippen MR) is 105 cm³/mol. The van der Waals surface area contributed by atoms with Crippen LogP contribution >= 0.6 is 0 Å². The second-order valence-electron chi connectivity index (χ2n) is 6.08. The van der Waals surface area contributed by atoms with Crippen LogP contribution in [0.1, 0.15) is 23.9 Å². The first-order valence-corrected chi connectivity index (χ1v) is 8.84. The maximum absolute atomic E-state index is 12.1. The normalized spacial score (nSPS) is 10.5. The molecular formula is C21H23N3O3. The summed E-state index contributed by atoms with van der Waals surface area (Å²) in [6.45, 7) is 4.18.